The molecule has 3 heteroatoms. The molecule has 0 amide bonds. The number of hydrogen-bond donors (Lipinski definition) is 0. The molecule has 0 spiro atoms. The van der Waals surface area contributed by atoms with Crippen LogP contribution in [0.5, 0.6) is 0 Å². The third-order valence-corrected chi connectivity index (χ3v) is 4.50. The Bertz CT molecular complexity index is 56.1. The fraction of sp³-hybridized carbons (Fsp3) is 0.667. The van der Waals surface area contributed by atoms with Crippen LogP contribution in [0, 0.1) is 0 Å². The standard InChI is InChI=1S/C3H6Si3/c1-3(2)6(4)5/h1-2H3. The van der Waals surface area contributed by atoms with E-state index in [9.17, 15) is 0 Å². The molecule has 0 aromatic carbocycles. The zero-order valence-corrected chi connectivity index (χ0v) is 7.00. The lowest BCUT2D eigenvalue weighted by molar-refractivity contribution is 1.84. The van der Waals surface area contributed by atoms with E-state index in [1.807, 2.05) is 0 Å². The Labute approximate surface area is 46.6 Å². The maximum Gasteiger partial charge on any atom is 0.0319 e. The number of rotatable bonds is 0. The van der Waals surface area contributed by atoms with E-state index in [1.54, 1.807) is 0 Å². The third-order valence-electron chi connectivity index (χ3n) is 0.500. The van der Waals surface area contributed by atoms with Gasteiger partial charge in [-0.2, -0.15) is 0 Å². The predicted octanol–water partition coefficient (Wildman–Crippen LogP) is -0.395. The molecule has 0 saturated heterocycles. The van der Waals surface area contributed by atoms with E-state index in [-0.39, 0.29) is 0 Å². The minimum Gasteiger partial charge on any atom is -0.103 e. The van der Waals surface area contributed by atoms with Crippen molar-refractivity contribution in [1.82, 2.24) is 0 Å². The molecule has 0 fully saturated rings. The molecule has 0 aromatic heterocycles. The quantitative estimate of drug-likeness (QED) is 0.388. The fourth-order valence-electron chi connectivity index (χ4n) is 0. The number of hydrogen-bond acceptors (Lipinski definition) is 0. The minimum atomic E-state index is -0.424. The average molecular weight is 126 g/mol. The molecule has 0 unspecified atom stereocenters. The topological polar surface area (TPSA) is 0 Å². The second-order valence-corrected chi connectivity index (χ2v) is 7.62. The van der Waals surface area contributed by atoms with E-state index in [4.69, 9.17) is 0 Å². The first-order valence-corrected chi connectivity index (χ1v) is 6.25. The Hall–Kier alpha value is 0.521. The van der Waals surface area contributed by atoms with Gasteiger partial charge >= 0.3 is 0 Å². The van der Waals surface area contributed by atoms with Gasteiger partial charge in [0.2, 0.25) is 0 Å². The van der Waals surface area contributed by atoms with E-state index in [2.05, 4.69) is 33.4 Å². The molecule has 0 rings (SSSR count). The van der Waals surface area contributed by atoms with Crippen molar-refractivity contribution in [1.29, 1.82) is 0 Å². The van der Waals surface area contributed by atoms with Crippen LogP contribution in [0.3, 0.4) is 0 Å². The smallest absolute Gasteiger partial charge is 0.0319 e. The van der Waals surface area contributed by atoms with Crippen LogP contribution in [0.25, 0.3) is 0 Å². The predicted molar refractivity (Wildman–Crippen MR) is 33.6 cm³/mol. The fourth-order valence-corrected chi connectivity index (χ4v) is 0. The van der Waals surface area contributed by atoms with Gasteiger partial charge in [0, 0.05) is 19.5 Å². The van der Waals surface area contributed by atoms with Crippen LogP contribution < -0.4 is 0 Å². The highest BCUT2D eigenvalue weighted by molar-refractivity contribution is 7.31. The van der Waals surface area contributed by atoms with Gasteiger partial charge in [0.15, 0.2) is 0 Å². The van der Waals surface area contributed by atoms with E-state index in [0.717, 1.165) is 0 Å². The van der Waals surface area contributed by atoms with Crippen LogP contribution in [0.4, 0.5) is 0 Å². The van der Waals surface area contributed by atoms with E-state index < -0.39 is 7.44 Å². The van der Waals surface area contributed by atoms with Gasteiger partial charge in [0.05, 0.1) is 0 Å². The average Bonchev–Trinajstić information content (AvgIpc) is 1.36. The maximum absolute atomic E-state index is 3.46. The molecule has 0 aliphatic heterocycles. The third kappa shape index (κ3) is 2.74. The second kappa shape index (κ2) is 2.65. The summed E-state index contributed by atoms with van der Waals surface area (Å²) in [6.07, 6.45) is 0. The zero-order valence-electron chi connectivity index (χ0n) is 4.00. The van der Waals surface area contributed by atoms with Crippen molar-refractivity contribution in [2.75, 3.05) is 0 Å². The summed E-state index contributed by atoms with van der Waals surface area (Å²) in [5.74, 6) is 0. The van der Waals surface area contributed by atoms with Crippen molar-refractivity contribution in [2.45, 2.75) is 13.8 Å². The normalized spacial score (nSPS) is 8.00. The van der Waals surface area contributed by atoms with Gasteiger partial charge in [-0.05, 0) is 21.3 Å². The van der Waals surface area contributed by atoms with Gasteiger partial charge < -0.3 is 0 Å². The van der Waals surface area contributed by atoms with Gasteiger partial charge in [-0.1, -0.05) is 0 Å². The molecule has 0 aliphatic rings. The Morgan fingerprint density at radius 1 is 1.33 bits per heavy atom. The first-order valence-electron chi connectivity index (χ1n) is 1.75. The zero-order chi connectivity index (χ0) is 5.15. The summed E-state index contributed by atoms with van der Waals surface area (Å²) in [6.45, 7) is 4.21. The first kappa shape index (κ1) is 6.52. The summed E-state index contributed by atoms with van der Waals surface area (Å²) < 4.78 is 0. The summed E-state index contributed by atoms with van der Waals surface area (Å²) in [5.41, 5.74) is 0. The lowest BCUT2D eigenvalue weighted by atomic mass is 10.6. The van der Waals surface area contributed by atoms with Gasteiger partial charge in [-0.25, -0.2) is 0 Å². The molecule has 0 N–H and O–H groups in total. The van der Waals surface area contributed by atoms with E-state index in [1.165, 1.54) is 5.17 Å². The highest BCUT2D eigenvalue weighted by atomic mass is 29.5. The largest absolute Gasteiger partial charge is 0.103 e. The molecule has 0 aromatic rings. The molecule has 6 radical (unpaired) electrons. The van der Waals surface area contributed by atoms with Crippen LogP contribution in [-0.2, 0) is 0 Å². The highest BCUT2D eigenvalue weighted by Gasteiger charge is 1.77. The minimum absolute atomic E-state index is 0.424. The van der Waals surface area contributed by atoms with Crippen LogP contribution in [-0.4, -0.2) is 32.1 Å². The SMILES string of the molecule is CC(C)=[Si]([Si])[Si]. The van der Waals surface area contributed by atoms with Crippen molar-refractivity contribution in [3.63, 3.8) is 0 Å². The molecule has 0 bridgehead atoms. The summed E-state index contributed by atoms with van der Waals surface area (Å²) in [4.78, 5) is 0. The Morgan fingerprint density at radius 3 is 1.50 bits per heavy atom. The molecule has 0 saturated carbocycles. The molecular formula is C3H6Si3. The van der Waals surface area contributed by atoms with Crippen molar-refractivity contribution in [3.05, 3.63) is 0 Å². The monoisotopic (exact) mass is 126 g/mol. The molecular weight excluding hydrogens is 120 g/mol. The van der Waals surface area contributed by atoms with Gasteiger partial charge in [-0.15, -0.1) is 5.17 Å². The van der Waals surface area contributed by atoms with Crippen LogP contribution >= 0.6 is 0 Å². The van der Waals surface area contributed by atoms with Crippen LogP contribution in [0.15, 0.2) is 0 Å². The summed E-state index contributed by atoms with van der Waals surface area (Å²) in [6, 6.07) is 0. The summed E-state index contributed by atoms with van der Waals surface area (Å²) >= 11 is 0. The van der Waals surface area contributed by atoms with E-state index >= 15 is 0 Å². The molecule has 0 nitrogen and oxygen atoms in total. The maximum atomic E-state index is 3.46. The van der Waals surface area contributed by atoms with Crippen molar-refractivity contribution >= 4 is 32.1 Å². The Kier molecular flexibility index (Phi) is 2.88. The van der Waals surface area contributed by atoms with Crippen molar-refractivity contribution < 1.29 is 0 Å². The summed E-state index contributed by atoms with van der Waals surface area (Å²) in [7, 11) is 6.50. The molecule has 0 aliphatic carbocycles. The van der Waals surface area contributed by atoms with Gasteiger partial charge in [0.1, 0.15) is 0 Å². The van der Waals surface area contributed by atoms with Gasteiger partial charge in [0.25, 0.3) is 0 Å². The van der Waals surface area contributed by atoms with Crippen LogP contribution in [0.2, 0.25) is 0 Å². The van der Waals surface area contributed by atoms with Crippen molar-refractivity contribution in [3.8, 4) is 0 Å². The molecule has 0 atom stereocenters. The lowest BCUT2D eigenvalue weighted by Crippen LogP contribution is -2.09. The first-order chi connectivity index (χ1) is 2.64. The van der Waals surface area contributed by atoms with Crippen molar-refractivity contribution in [2.24, 2.45) is 0 Å². The Balaban J connectivity index is 3.68. The van der Waals surface area contributed by atoms with E-state index in [0.29, 0.717) is 0 Å². The summed E-state index contributed by atoms with van der Waals surface area (Å²) in [5, 5.41) is 1.44. The highest BCUT2D eigenvalue weighted by Crippen LogP contribution is 1.61. The second-order valence-electron chi connectivity index (χ2n) is 1.38. The molecule has 30 valence electrons. The van der Waals surface area contributed by atoms with Gasteiger partial charge in [-0.3, -0.25) is 0 Å². The molecule has 0 heterocycles. The molecule has 6 heavy (non-hydrogen) atoms. The van der Waals surface area contributed by atoms with Crippen LogP contribution in [0.1, 0.15) is 13.8 Å². The Morgan fingerprint density at radius 2 is 1.50 bits per heavy atom. The lowest BCUT2D eigenvalue weighted by Gasteiger charge is -1.86.